The van der Waals surface area contributed by atoms with Gasteiger partial charge < -0.3 is 10.1 Å². The van der Waals surface area contributed by atoms with E-state index >= 15 is 0 Å². The second kappa shape index (κ2) is 6.93. The molecular weight excluding hydrogens is 294 g/mol. The van der Waals surface area contributed by atoms with Gasteiger partial charge in [0.1, 0.15) is 0 Å². The number of rotatable bonds is 6. The van der Waals surface area contributed by atoms with Gasteiger partial charge in [-0.3, -0.25) is 0 Å². The van der Waals surface area contributed by atoms with Crippen molar-refractivity contribution in [3.8, 4) is 0 Å². The fourth-order valence-corrected chi connectivity index (χ4v) is 3.60. The summed E-state index contributed by atoms with van der Waals surface area (Å²) >= 11 is 0. The second-order valence-electron chi connectivity index (χ2n) is 6.11. The van der Waals surface area contributed by atoms with Crippen LogP contribution in [0.1, 0.15) is 39.5 Å². The average molecular weight is 319 g/mol. The highest BCUT2D eigenvalue weighted by Gasteiger charge is 2.31. The molecule has 2 N–H and O–H groups in total. The summed E-state index contributed by atoms with van der Waals surface area (Å²) in [6, 6.07) is 0.621. The maximum absolute atomic E-state index is 12.2. The van der Waals surface area contributed by atoms with E-state index in [0.717, 1.165) is 19.4 Å². The number of ether oxygens (including phenoxy) is 1. The van der Waals surface area contributed by atoms with Gasteiger partial charge in [0.05, 0.1) is 6.10 Å². The highest BCUT2D eigenvalue weighted by Crippen LogP contribution is 2.22. The summed E-state index contributed by atoms with van der Waals surface area (Å²) < 4.78 is 32.5. The van der Waals surface area contributed by atoms with Gasteiger partial charge in [-0.15, -0.1) is 0 Å². The van der Waals surface area contributed by atoms with Crippen molar-refractivity contribution in [2.24, 2.45) is 5.92 Å². The lowest BCUT2D eigenvalue weighted by molar-refractivity contribution is 0.120. The number of nitrogens with one attached hydrogen (secondary N) is 2. The van der Waals surface area contributed by atoms with Gasteiger partial charge in [0.25, 0.3) is 0 Å². The van der Waals surface area contributed by atoms with Crippen LogP contribution in [0, 0.1) is 5.92 Å². The van der Waals surface area contributed by atoms with E-state index < -0.39 is 16.3 Å². The molecular formula is C13H25N3O4S. The molecule has 0 aromatic rings. The van der Waals surface area contributed by atoms with E-state index in [1.54, 1.807) is 13.8 Å². The lowest BCUT2D eigenvalue weighted by atomic mass is 10.00. The summed E-state index contributed by atoms with van der Waals surface area (Å²) in [6.07, 6.45) is 3.01. The first kappa shape index (κ1) is 16.5. The van der Waals surface area contributed by atoms with Gasteiger partial charge in [0.15, 0.2) is 0 Å². The fourth-order valence-electron chi connectivity index (χ4n) is 2.44. The molecule has 0 bridgehead atoms. The number of piperidine rings is 1. The zero-order valence-electron chi connectivity index (χ0n) is 12.7. The molecule has 122 valence electrons. The van der Waals surface area contributed by atoms with Gasteiger partial charge in [-0.2, -0.15) is 12.7 Å². The van der Waals surface area contributed by atoms with Crippen molar-refractivity contribution < 1.29 is 17.9 Å². The average Bonchev–Trinajstić information content (AvgIpc) is 3.19. The first-order valence-corrected chi connectivity index (χ1v) is 9.02. The smallest absolute Gasteiger partial charge is 0.422 e. The number of amides is 1. The topological polar surface area (TPSA) is 87.7 Å². The molecule has 0 aromatic heterocycles. The van der Waals surface area contributed by atoms with Crippen LogP contribution < -0.4 is 10.0 Å². The van der Waals surface area contributed by atoms with Crippen LogP contribution in [0.15, 0.2) is 0 Å². The molecule has 2 rings (SSSR count). The predicted molar refractivity (Wildman–Crippen MR) is 79.0 cm³/mol. The minimum absolute atomic E-state index is 0.303. The normalized spacial score (nSPS) is 24.0. The van der Waals surface area contributed by atoms with Crippen LogP contribution in [0.4, 0.5) is 4.79 Å². The van der Waals surface area contributed by atoms with E-state index in [9.17, 15) is 13.2 Å². The molecule has 21 heavy (non-hydrogen) atoms. The SMILES string of the molecule is CC(C)OC(=O)NS(=O)(=O)N1CCCC(CNC2CC2)C1. The van der Waals surface area contributed by atoms with E-state index in [-0.39, 0.29) is 6.10 Å². The van der Waals surface area contributed by atoms with Gasteiger partial charge in [0, 0.05) is 19.1 Å². The number of hydrogen-bond acceptors (Lipinski definition) is 5. The maximum atomic E-state index is 12.2. The van der Waals surface area contributed by atoms with Gasteiger partial charge >= 0.3 is 16.3 Å². The standard InChI is InChI=1S/C13H25N3O4S/c1-10(2)20-13(17)15-21(18,19)16-7-3-4-11(9-16)8-14-12-5-6-12/h10-12,14H,3-9H2,1-2H3,(H,15,17). The van der Waals surface area contributed by atoms with E-state index in [4.69, 9.17) is 4.74 Å². The Morgan fingerprint density at radius 1 is 1.33 bits per heavy atom. The molecule has 1 saturated carbocycles. The molecule has 2 fully saturated rings. The van der Waals surface area contributed by atoms with Crippen molar-refractivity contribution in [3.05, 3.63) is 0 Å². The molecule has 7 nitrogen and oxygen atoms in total. The highest BCUT2D eigenvalue weighted by molar-refractivity contribution is 7.87. The molecule has 8 heteroatoms. The molecule has 1 amide bonds. The van der Waals surface area contributed by atoms with Crippen molar-refractivity contribution in [1.29, 1.82) is 0 Å². The second-order valence-corrected chi connectivity index (χ2v) is 7.78. The molecule has 2 aliphatic rings. The number of nitrogens with zero attached hydrogens (tertiary/aromatic N) is 1. The summed E-state index contributed by atoms with van der Waals surface area (Å²) in [4.78, 5) is 11.5. The molecule has 1 atom stereocenters. The van der Waals surface area contributed by atoms with E-state index in [1.807, 2.05) is 4.72 Å². The quantitative estimate of drug-likeness (QED) is 0.757. The number of carbonyl (C=O) groups excluding carboxylic acids is 1. The molecule has 1 saturated heterocycles. The third-order valence-electron chi connectivity index (χ3n) is 3.65. The van der Waals surface area contributed by atoms with Crippen LogP contribution in [0.5, 0.6) is 0 Å². The Morgan fingerprint density at radius 2 is 2.05 bits per heavy atom. The van der Waals surface area contributed by atoms with Crippen molar-refractivity contribution in [1.82, 2.24) is 14.3 Å². The molecule has 1 unspecified atom stereocenters. The predicted octanol–water partition coefficient (Wildman–Crippen LogP) is 0.830. The van der Waals surface area contributed by atoms with Crippen molar-refractivity contribution >= 4 is 16.3 Å². The highest BCUT2D eigenvalue weighted by atomic mass is 32.2. The molecule has 1 aliphatic carbocycles. The van der Waals surface area contributed by atoms with Gasteiger partial charge in [0.2, 0.25) is 0 Å². The van der Waals surface area contributed by atoms with Crippen LogP contribution in [0.3, 0.4) is 0 Å². The Kier molecular flexibility index (Phi) is 5.45. The lowest BCUT2D eigenvalue weighted by Crippen LogP contribution is -2.49. The molecule has 0 aromatic carbocycles. The lowest BCUT2D eigenvalue weighted by Gasteiger charge is -2.31. The van der Waals surface area contributed by atoms with E-state index in [1.165, 1.54) is 17.1 Å². The third kappa shape index (κ3) is 5.44. The third-order valence-corrected chi connectivity index (χ3v) is 5.09. The number of hydrogen-bond donors (Lipinski definition) is 2. The molecule has 1 aliphatic heterocycles. The minimum atomic E-state index is -3.80. The Labute approximate surface area is 126 Å². The van der Waals surface area contributed by atoms with Crippen LogP contribution >= 0.6 is 0 Å². The largest absolute Gasteiger partial charge is 0.446 e. The first-order valence-electron chi connectivity index (χ1n) is 7.58. The Hall–Kier alpha value is -0.860. The Balaban J connectivity index is 1.84. The van der Waals surface area contributed by atoms with Crippen LogP contribution in [-0.2, 0) is 14.9 Å². The number of carbonyl (C=O) groups is 1. The zero-order chi connectivity index (χ0) is 15.5. The van der Waals surface area contributed by atoms with Crippen molar-refractivity contribution in [2.45, 2.75) is 51.7 Å². The Morgan fingerprint density at radius 3 is 2.67 bits per heavy atom. The van der Waals surface area contributed by atoms with E-state index in [2.05, 4.69) is 5.32 Å². The zero-order valence-corrected chi connectivity index (χ0v) is 13.5. The van der Waals surface area contributed by atoms with Gasteiger partial charge in [-0.25, -0.2) is 9.52 Å². The van der Waals surface area contributed by atoms with Gasteiger partial charge in [-0.1, -0.05) is 0 Å². The van der Waals surface area contributed by atoms with E-state index in [0.29, 0.717) is 25.0 Å². The van der Waals surface area contributed by atoms with Crippen LogP contribution in [-0.4, -0.2) is 50.6 Å². The summed E-state index contributed by atoms with van der Waals surface area (Å²) in [5, 5.41) is 3.43. The van der Waals surface area contributed by atoms with Crippen molar-refractivity contribution in [3.63, 3.8) is 0 Å². The molecule has 0 spiro atoms. The van der Waals surface area contributed by atoms with Gasteiger partial charge in [-0.05, 0) is 52.0 Å². The summed E-state index contributed by atoms with van der Waals surface area (Å²) in [5.74, 6) is 0.303. The fraction of sp³-hybridized carbons (Fsp3) is 0.923. The first-order chi connectivity index (χ1) is 9.87. The van der Waals surface area contributed by atoms with Crippen molar-refractivity contribution in [2.75, 3.05) is 19.6 Å². The monoisotopic (exact) mass is 319 g/mol. The Bertz CT molecular complexity index is 462. The summed E-state index contributed by atoms with van der Waals surface area (Å²) in [7, 11) is -3.80. The maximum Gasteiger partial charge on any atom is 0.422 e. The summed E-state index contributed by atoms with van der Waals surface area (Å²) in [5.41, 5.74) is 0. The molecule has 1 heterocycles. The summed E-state index contributed by atoms with van der Waals surface area (Å²) in [6.45, 7) is 5.08. The van der Waals surface area contributed by atoms with Crippen LogP contribution in [0.25, 0.3) is 0 Å². The van der Waals surface area contributed by atoms with Crippen LogP contribution in [0.2, 0.25) is 0 Å². The molecule has 0 radical (unpaired) electrons. The minimum Gasteiger partial charge on any atom is -0.446 e.